The summed E-state index contributed by atoms with van der Waals surface area (Å²) in [5, 5.41) is 0. The van der Waals surface area contributed by atoms with E-state index in [0.717, 1.165) is 23.5 Å². The van der Waals surface area contributed by atoms with Gasteiger partial charge in [-0.15, -0.1) is 11.8 Å². The minimum Gasteiger partial charge on any atom is -0.491 e. The minimum atomic E-state index is -0.853. The summed E-state index contributed by atoms with van der Waals surface area (Å²) in [6.07, 6.45) is 13.6. The summed E-state index contributed by atoms with van der Waals surface area (Å²) in [7, 11) is 0. The molecule has 4 heteroatoms. The second kappa shape index (κ2) is 10.8. The van der Waals surface area contributed by atoms with Crippen LogP contribution in [0.4, 0.5) is 8.78 Å². The van der Waals surface area contributed by atoms with Gasteiger partial charge in [0.1, 0.15) is 0 Å². The summed E-state index contributed by atoms with van der Waals surface area (Å²) < 4.78 is 33.4. The van der Waals surface area contributed by atoms with Crippen molar-refractivity contribution in [2.24, 2.45) is 23.7 Å². The van der Waals surface area contributed by atoms with Crippen LogP contribution in [0, 0.1) is 35.3 Å². The Balaban J connectivity index is 1.42. The number of rotatable bonds is 8. The Morgan fingerprint density at radius 2 is 1.46 bits per heavy atom. The van der Waals surface area contributed by atoms with Crippen LogP contribution in [0.5, 0.6) is 5.75 Å². The molecule has 0 bridgehead atoms. The zero-order chi connectivity index (χ0) is 19.9. The third-order valence-electron chi connectivity index (χ3n) is 6.93. The lowest BCUT2D eigenvalue weighted by Crippen LogP contribution is -2.26. The smallest absolute Gasteiger partial charge is 0.201 e. The topological polar surface area (TPSA) is 9.23 Å². The molecular weight excluding hydrogens is 374 g/mol. The number of halogens is 2. The molecule has 28 heavy (non-hydrogen) atoms. The lowest BCUT2D eigenvalue weighted by Gasteiger charge is -2.38. The third-order valence-corrected chi connectivity index (χ3v) is 8.20. The van der Waals surface area contributed by atoms with Gasteiger partial charge in [0.25, 0.3) is 0 Å². The van der Waals surface area contributed by atoms with Crippen LogP contribution in [0.1, 0.15) is 78.1 Å². The Morgan fingerprint density at radius 3 is 2.04 bits per heavy atom. The molecule has 1 nitrogen and oxygen atoms in total. The fourth-order valence-corrected chi connectivity index (χ4v) is 6.41. The summed E-state index contributed by atoms with van der Waals surface area (Å²) in [5.74, 6) is 2.76. The number of thioether (sulfide) groups is 1. The molecule has 2 fully saturated rings. The van der Waals surface area contributed by atoms with E-state index >= 15 is 0 Å². The van der Waals surface area contributed by atoms with Crippen LogP contribution >= 0.6 is 11.8 Å². The normalized spacial score (nSPS) is 28.3. The summed E-state index contributed by atoms with van der Waals surface area (Å²) >= 11 is 1.47. The van der Waals surface area contributed by atoms with Gasteiger partial charge in [-0.3, -0.25) is 0 Å². The van der Waals surface area contributed by atoms with Crippen LogP contribution in [0.15, 0.2) is 17.0 Å². The maximum absolute atomic E-state index is 14.3. The first kappa shape index (κ1) is 21.9. The van der Waals surface area contributed by atoms with Gasteiger partial charge in [0.2, 0.25) is 5.82 Å². The molecule has 2 aliphatic rings. The molecule has 0 amide bonds. The molecule has 0 saturated heterocycles. The predicted octanol–water partition coefficient (Wildman–Crippen LogP) is 7.87. The van der Waals surface area contributed by atoms with Crippen LogP contribution in [0.3, 0.4) is 0 Å². The Bertz CT molecular complexity index is 605. The lowest BCUT2D eigenvalue weighted by atomic mass is 9.69. The van der Waals surface area contributed by atoms with E-state index in [-0.39, 0.29) is 5.75 Å². The monoisotopic (exact) mass is 410 g/mol. The molecule has 2 saturated carbocycles. The fourth-order valence-electron chi connectivity index (χ4n) is 5.28. The number of ether oxygens (including phenoxy) is 1. The van der Waals surface area contributed by atoms with E-state index in [1.165, 1.54) is 76.0 Å². The molecule has 1 aromatic carbocycles. The van der Waals surface area contributed by atoms with Crippen LogP contribution in [0.2, 0.25) is 0 Å². The van der Waals surface area contributed by atoms with Gasteiger partial charge in [-0.1, -0.05) is 32.6 Å². The molecule has 158 valence electrons. The van der Waals surface area contributed by atoms with E-state index in [2.05, 4.69) is 6.92 Å². The second-order valence-electron chi connectivity index (χ2n) is 8.78. The number of hydrogen-bond acceptors (Lipinski definition) is 2. The van der Waals surface area contributed by atoms with Gasteiger partial charge in [-0.25, -0.2) is 4.39 Å². The van der Waals surface area contributed by atoms with Crippen molar-refractivity contribution in [2.75, 3.05) is 12.4 Å². The molecule has 0 atom stereocenters. The van der Waals surface area contributed by atoms with E-state index < -0.39 is 11.6 Å². The first-order chi connectivity index (χ1) is 13.6. The third kappa shape index (κ3) is 5.64. The van der Waals surface area contributed by atoms with Crippen molar-refractivity contribution in [1.82, 2.24) is 0 Å². The van der Waals surface area contributed by atoms with E-state index in [1.807, 2.05) is 0 Å². The van der Waals surface area contributed by atoms with E-state index in [4.69, 9.17) is 4.74 Å². The van der Waals surface area contributed by atoms with Crippen molar-refractivity contribution in [3.63, 3.8) is 0 Å². The zero-order valence-electron chi connectivity index (χ0n) is 17.5. The molecule has 0 heterocycles. The predicted molar refractivity (Wildman–Crippen MR) is 114 cm³/mol. The molecule has 1 aromatic rings. The summed E-state index contributed by atoms with van der Waals surface area (Å²) in [5.41, 5.74) is 0. The van der Waals surface area contributed by atoms with Gasteiger partial charge >= 0.3 is 0 Å². The summed E-state index contributed by atoms with van der Waals surface area (Å²) in [6, 6.07) is 3.21. The highest BCUT2D eigenvalue weighted by molar-refractivity contribution is 7.99. The average Bonchev–Trinajstić information content (AvgIpc) is 2.72. The highest BCUT2D eigenvalue weighted by Gasteiger charge is 2.30. The Kier molecular flexibility index (Phi) is 8.50. The first-order valence-corrected chi connectivity index (χ1v) is 12.3. The van der Waals surface area contributed by atoms with Crippen molar-refractivity contribution in [2.45, 2.75) is 83.0 Å². The Labute approximate surface area is 174 Å². The van der Waals surface area contributed by atoms with Gasteiger partial charge in [0.15, 0.2) is 11.6 Å². The summed E-state index contributed by atoms with van der Waals surface area (Å²) in [6.45, 7) is 4.42. The highest BCUT2D eigenvalue weighted by atomic mass is 32.2. The van der Waals surface area contributed by atoms with E-state index in [0.29, 0.717) is 17.4 Å². The highest BCUT2D eigenvalue weighted by Crippen LogP contribution is 2.43. The van der Waals surface area contributed by atoms with Crippen molar-refractivity contribution in [3.05, 3.63) is 23.8 Å². The van der Waals surface area contributed by atoms with Gasteiger partial charge in [-0.2, -0.15) is 4.39 Å². The first-order valence-electron chi connectivity index (χ1n) is 11.4. The van der Waals surface area contributed by atoms with Gasteiger partial charge in [0.05, 0.1) is 6.61 Å². The van der Waals surface area contributed by atoms with Crippen LogP contribution in [-0.4, -0.2) is 12.4 Å². The maximum Gasteiger partial charge on any atom is 0.201 e. The fraction of sp³-hybridized carbons (Fsp3) is 0.750. The molecule has 0 spiro atoms. The van der Waals surface area contributed by atoms with Gasteiger partial charge in [0, 0.05) is 10.6 Å². The molecule has 0 radical (unpaired) electrons. The van der Waals surface area contributed by atoms with Crippen LogP contribution in [-0.2, 0) is 0 Å². The maximum atomic E-state index is 14.3. The molecule has 0 unspecified atom stereocenters. The zero-order valence-corrected chi connectivity index (χ0v) is 18.3. The van der Waals surface area contributed by atoms with Crippen molar-refractivity contribution < 1.29 is 13.5 Å². The second-order valence-corrected chi connectivity index (χ2v) is 9.85. The lowest BCUT2D eigenvalue weighted by molar-refractivity contribution is 0.148. The largest absolute Gasteiger partial charge is 0.491 e. The van der Waals surface area contributed by atoms with Crippen LogP contribution in [0.25, 0.3) is 0 Å². The van der Waals surface area contributed by atoms with Crippen molar-refractivity contribution in [3.8, 4) is 5.75 Å². The van der Waals surface area contributed by atoms with E-state index in [9.17, 15) is 8.78 Å². The van der Waals surface area contributed by atoms with Gasteiger partial charge in [-0.05, 0) is 81.3 Å². The van der Waals surface area contributed by atoms with Gasteiger partial charge < -0.3 is 4.74 Å². The molecule has 3 rings (SSSR count). The Hall–Kier alpha value is -0.770. The molecule has 2 aliphatic carbocycles. The summed E-state index contributed by atoms with van der Waals surface area (Å²) in [4.78, 5) is 0.414. The standard InChI is InChI=1S/C24H36F2OS/c1-3-5-17-6-10-19(11-7-17)20-12-8-18(9-13-20)16-28-22-15-14-21(27-4-2)23(25)24(22)26/h14-15,17-20H,3-13,16H2,1-2H3. The SMILES string of the molecule is CCCC1CCC(C2CCC(CSc3ccc(OCC)c(F)c3F)CC2)CC1. The molecular formula is C24H36F2OS. The number of benzene rings is 1. The quantitative estimate of drug-likeness (QED) is 0.403. The number of hydrogen-bond donors (Lipinski definition) is 0. The average molecular weight is 411 g/mol. The van der Waals surface area contributed by atoms with Crippen molar-refractivity contribution in [1.29, 1.82) is 0 Å². The Morgan fingerprint density at radius 1 is 0.857 bits per heavy atom. The van der Waals surface area contributed by atoms with E-state index in [1.54, 1.807) is 19.1 Å². The van der Waals surface area contributed by atoms with Crippen LogP contribution < -0.4 is 4.74 Å². The van der Waals surface area contributed by atoms with Crippen molar-refractivity contribution >= 4 is 11.8 Å². The molecule has 0 aromatic heterocycles. The molecule has 0 N–H and O–H groups in total. The minimum absolute atomic E-state index is 0.0125. The molecule has 0 aliphatic heterocycles.